The van der Waals surface area contributed by atoms with Gasteiger partial charge in [-0.05, 0) is 37.7 Å². The summed E-state index contributed by atoms with van der Waals surface area (Å²) in [6.07, 6.45) is 6.31. The molecule has 0 atom stereocenters. The molecule has 3 N–H and O–H groups in total. The quantitative estimate of drug-likeness (QED) is 0.723. The van der Waals surface area contributed by atoms with Crippen LogP contribution in [0.3, 0.4) is 0 Å². The fraction of sp³-hybridized carbons (Fsp3) is 0.611. The van der Waals surface area contributed by atoms with Gasteiger partial charge >= 0.3 is 6.03 Å². The van der Waals surface area contributed by atoms with Crippen molar-refractivity contribution in [2.75, 3.05) is 13.2 Å². The highest BCUT2D eigenvalue weighted by Crippen LogP contribution is 2.30. The number of aliphatic hydroxyl groups excluding tert-OH is 1. The third-order valence-electron chi connectivity index (χ3n) is 4.83. The monoisotopic (exact) mass is 318 g/mol. The van der Waals surface area contributed by atoms with Gasteiger partial charge in [-0.3, -0.25) is 0 Å². The minimum absolute atomic E-state index is 0.00149. The van der Waals surface area contributed by atoms with Gasteiger partial charge in [0.2, 0.25) is 0 Å². The lowest BCUT2D eigenvalue weighted by molar-refractivity contribution is 0.162. The summed E-state index contributed by atoms with van der Waals surface area (Å²) in [6, 6.07) is 7.59. The predicted molar refractivity (Wildman–Crippen MR) is 88.3 cm³/mol. The van der Waals surface area contributed by atoms with E-state index in [1.54, 1.807) is 0 Å². The van der Waals surface area contributed by atoms with E-state index in [-0.39, 0.29) is 12.6 Å². The molecule has 2 saturated carbocycles. The van der Waals surface area contributed by atoms with Crippen molar-refractivity contribution in [2.45, 2.75) is 50.6 Å². The van der Waals surface area contributed by atoms with Gasteiger partial charge in [-0.2, -0.15) is 0 Å². The Balaban J connectivity index is 1.51. The molecule has 126 valence electrons. The molecule has 0 spiro atoms. The van der Waals surface area contributed by atoms with Gasteiger partial charge in [-0.25, -0.2) is 4.79 Å². The molecule has 0 radical (unpaired) electrons. The summed E-state index contributed by atoms with van der Waals surface area (Å²) >= 11 is 0. The molecule has 3 rings (SSSR count). The normalized spacial score (nSPS) is 19.3. The Hall–Kier alpha value is -1.75. The highest BCUT2D eigenvalue weighted by atomic mass is 16.5. The molecule has 23 heavy (non-hydrogen) atoms. The van der Waals surface area contributed by atoms with Crippen molar-refractivity contribution in [2.24, 2.45) is 5.92 Å². The molecule has 1 aromatic carbocycles. The summed E-state index contributed by atoms with van der Waals surface area (Å²) in [5.41, 5.74) is 0.541. The van der Waals surface area contributed by atoms with Crippen LogP contribution in [0.4, 0.5) is 4.79 Å². The lowest BCUT2D eigenvalue weighted by Gasteiger charge is -2.28. The Morgan fingerprint density at radius 3 is 2.70 bits per heavy atom. The fourth-order valence-electron chi connectivity index (χ4n) is 3.12. The maximum Gasteiger partial charge on any atom is 0.315 e. The smallest absolute Gasteiger partial charge is 0.315 e. The van der Waals surface area contributed by atoms with Crippen molar-refractivity contribution < 1.29 is 14.6 Å². The lowest BCUT2D eigenvalue weighted by Crippen LogP contribution is -2.52. The third kappa shape index (κ3) is 4.38. The van der Waals surface area contributed by atoms with Crippen molar-refractivity contribution >= 4 is 6.03 Å². The number of hydrogen-bond acceptors (Lipinski definition) is 3. The Morgan fingerprint density at radius 2 is 2.00 bits per heavy atom. The van der Waals surface area contributed by atoms with E-state index < -0.39 is 5.54 Å². The highest BCUT2D eigenvalue weighted by Gasteiger charge is 2.34. The van der Waals surface area contributed by atoms with E-state index in [2.05, 4.69) is 10.6 Å². The topological polar surface area (TPSA) is 70.6 Å². The molecule has 2 aliphatic carbocycles. The van der Waals surface area contributed by atoms with Crippen LogP contribution in [0.2, 0.25) is 0 Å². The van der Waals surface area contributed by atoms with Crippen LogP contribution in [0.25, 0.3) is 0 Å². The van der Waals surface area contributed by atoms with E-state index in [0.29, 0.717) is 12.5 Å². The van der Waals surface area contributed by atoms with Crippen molar-refractivity contribution in [1.82, 2.24) is 10.6 Å². The second-order valence-electron chi connectivity index (χ2n) is 6.82. The zero-order chi connectivity index (χ0) is 16.1. The second kappa shape index (κ2) is 7.21. The standard InChI is InChI=1S/C18H26N2O3/c21-13-18(9-3-4-10-18)20-17(22)19-11-15-5-1-2-6-16(15)23-12-14-7-8-14/h1-2,5-6,14,21H,3-4,7-13H2,(H2,19,20,22). The van der Waals surface area contributed by atoms with Crippen molar-refractivity contribution in [3.63, 3.8) is 0 Å². The summed E-state index contributed by atoms with van der Waals surface area (Å²) in [6.45, 7) is 1.19. The van der Waals surface area contributed by atoms with Crippen LogP contribution < -0.4 is 15.4 Å². The third-order valence-corrected chi connectivity index (χ3v) is 4.83. The molecule has 0 bridgehead atoms. The Kier molecular flexibility index (Phi) is 5.06. The van der Waals surface area contributed by atoms with Crippen LogP contribution in [0, 0.1) is 5.92 Å². The minimum atomic E-state index is -0.438. The number of carbonyl (C=O) groups excluding carboxylic acids is 1. The Bertz CT molecular complexity index is 537. The van der Waals surface area contributed by atoms with Gasteiger partial charge in [0, 0.05) is 12.1 Å². The first-order valence-corrected chi connectivity index (χ1v) is 8.58. The van der Waals surface area contributed by atoms with Gasteiger partial charge in [0.25, 0.3) is 0 Å². The number of hydrogen-bond donors (Lipinski definition) is 3. The number of para-hydroxylation sites is 1. The zero-order valence-corrected chi connectivity index (χ0v) is 13.5. The van der Waals surface area contributed by atoms with E-state index in [0.717, 1.165) is 43.6 Å². The molecule has 0 aliphatic heterocycles. The van der Waals surface area contributed by atoms with Crippen LogP contribution in [-0.4, -0.2) is 29.9 Å². The van der Waals surface area contributed by atoms with Crippen molar-refractivity contribution in [3.8, 4) is 5.75 Å². The van der Waals surface area contributed by atoms with Crippen LogP contribution in [0.5, 0.6) is 5.75 Å². The van der Waals surface area contributed by atoms with Gasteiger partial charge in [-0.1, -0.05) is 31.0 Å². The number of carbonyl (C=O) groups is 1. The molecule has 0 saturated heterocycles. The first-order valence-electron chi connectivity index (χ1n) is 8.58. The lowest BCUT2D eigenvalue weighted by atomic mass is 9.99. The molecule has 1 aromatic rings. The van der Waals surface area contributed by atoms with Gasteiger partial charge < -0.3 is 20.5 Å². The van der Waals surface area contributed by atoms with Crippen LogP contribution in [-0.2, 0) is 6.54 Å². The molecule has 0 heterocycles. The molecule has 0 unspecified atom stereocenters. The maximum atomic E-state index is 12.1. The van der Waals surface area contributed by atoms with Gasteiger partial charge in [0.15, 0.2) is 0 Å². The van der Waals surface area contributed by atoms with Crippen LogP contribution in [0.15, 0.2) is 24.3 Å². The average molecular weight is 318 g/mol. The SMILES string of the molecule is O=C(NCc1ccccc1OCC1CC1)NC1(CO)CCCC1. The molecular weight excluding hydrogens is 292 g/mol. The first kappa shape index (κ1) is 16.1. The number of ether oxygens (including phenoxy) is 1. The molecule has 5 heteroatoms. The van der Waals surface area contributed by atoms with E-state index in [9.17, 15) is 9.90 Å². The van der Waals surface area contributed by atoms with Gasteiger partial charge in [0.05, 0.1) is 18.8 Å². The molecule has 5 nitrogen and oxygen atoms in total. The largest absolute Gasteiger partial charge is 0.493 e. The summed E-state index contributed by atoms with van der Waals surface area (Å²) in [5.74, 6) is 1.54. The fourth-order valence-corrected chi connectivity index (χ4v) is 3.12. The van der Waals surface area contributed by atoms with E-state index in [1.165, 1.54) is 12.8 Å². The van der Waals surface area contributed by atoms with Gasteiger partial charge in [0.1, 0.15) is 5.75 Å². The molecular formula is C18H26N2O3. The van der Waals surface area contributed by atoms with Crippen molar-refractivity contribution in [3.05, 3.63) is 29.8 Å². The van der Waals surface area contributed by atoms with E-state index in [1.807, 2.05) is 24.3 Å². The summed E-state index contributed by atoms with van der Waals surface area (Å²) in [5, 5.41) is 15.4. The highest BCUT2D eigenvalue weighted by molar-refractivity contribution is 5.75. The van der Waals surface area contributed by atoms with E-state index >= 15 is 0 Å². The number of aliphatic hydroxyl groups is 1. The minimum Gasteiger partial charge on any atom is -0.493 e. The number of rotatable bonds is 7. The summed E-state index contributed by atoms with van der Waals surface area (Å²) in [4.78, 5) is 12.1. The number of urea groups is 1. The maximum absolute atomic E-state index is 12.1. The number of benzene rings is 1. The van der Waals surface area contributed by atoms with Crippen LogP contribution in [0.1, 0.15) is 44.1 Å². The van der Waals surface area contributed by atoms with E-state index in [4.69, 9.17) is 4.74 Å². The molecule has 2 fully saturated rings. The number of amides is 2. The first-order chi connectivity index (χ1) is 11.2. The summed E-state index contributed by atoms with van der Waals surface area (Å²) in [7, 11) is 0. The molecule has 2 aliphatic rings. The molecule has 0 aromatic heterocycles. The van der Waals surface area contributed by atoms with Crippen LogP contribution >= 0.6 is 0 Å². The molecule has 2 amide bonds. The predicted octanol–water partition coefficient (Wildman–Crippen LogP) is 2.58. The number of nitrogens with one attached hydrogen (secondary N) is 2. The Morgan fingerprint density at radius 1 is 1.26 bits per heavy atom. The second-order valence-corrected chi connectivity index (χ2v) is 6.82. The average Bonchev–Trinajstić information content (AvgIpc) is 3.29. The Labute approximate surface area is 137 Å². The van der Waals surface area contributed by atoms with Gasteiger partial charge in [-0.15, -0.1) is 0 Å². The van der Waals surface area contributed by atoms with Crippen molar-refractivity contribution in [1.29, 1.82) is 0 Å². The zero-order valence-electron chi connectivity index (χ0n) is 13.5. The summed E-state index contributed by atoms with van der Waals surface area (Å²) < 4.78 is 5.86.